The number of anilines is 1. The third-order valence-electron chi connectivity index (χ3n) is 6.78. The minimum atomic E-state index is -0.310. The van der Waals surface area contributed by atoms with Crippen molar-refractivity contribution in [3.63, 3.8) is 0 Å². The Bertz CT molecular complexity index is 1650. The van der Waals surface area contributed by atoms with Gasteiger partial charge in [0, 0.05) is 33.9 Å². The molecule has 0 fully saturated rings. The van der Waals surface area contributed by atoms with Crippen LogP contribution in [0.25, 0.3) is 20.7 Å². The number of nitrogens with zero attached hydrogens (tertiary/aromatic N) is 4. The lowest BCUT2D eigenvalue weighted by atomic mass is 9.95. The number of ether oxygens (including phenoxy) is 1. The zero-order valence-corrected chi connectivity index (χ0v) is 22.9. The van der Waals surface area contributed by atoms with Gasteiger partial charge in [-0.05, 0) is 48.6 Å². The molecule has 12 heteroatoms. The lowest BCUT2D eigenvalue weighted by Crippen LogP contribution is -2.30. The highest BCUT2D eigenvalue weighted by atomic mass is 35.5. The Balaban J connectivity index is 1.19. The first-order valence-electron chi connectivity index (χ1n) is 12.9. The van der Waals surface area contributed by atoms with Gasteiger partial charge in [0.05, 0.1) is 30.4 Å². The second-order valence-electron chi connectivity index (χ2n) is 9.55. The van der Waals surface area contributed by atoms with Crippen LogP contribution in [0, 0.1) is 5.82 Å². The molecule has 1 amide bonds. The van der Waals surface area contributed by atoms with Crippen molar-refractivity contribution >= 4 is 44.9 Å². The van der Waals surface area contributed by atoms with Crippen molar-refractivity contribution in [3.8, 4) is 10.4 Å². The van der Waals surface area contributed by atoms with Crippen molar-refractivity contribution in [1.29, 1.82) is 0 Å². The largest absolute Gasteiger partial charge is 0.395 e. The van der Waals surface area contributed by atoms with Crippen molar-refractivity contribution < 1.29 is 19.0 Å². The fraction of sp³-hybridized carbons (Fsp3) is 0.286. The molecule has 3 N–H and O–H groups in total. The van der Waals surface area contributed by atoms with E-state index in [1.165, 1.54) is 12.1 Å². The van der Waals surface area contributed by atoms with Gasteiger partial charge in [-0.25, -0.2) is 14.4 Å². The first kappa shape index (κ1) is 26.6. The van der Waals surface area contributed by atoms with Gasteiger partial charge < -0.3 is 20.5 Å². The molecule has 0 saturated carbocycles. The maximum Gasteiger partial charge on any atom is 0.241 e. The van der Waals surface area contributed by atoms with Crippen LogP contribution in [0.1, 0.15) is 23.2 Å². The van der Waals surface area contributed by atoms with Crippen LogP contribution in [0.15, 0.2) is 59.7 Å². The molecule has 2 aliphatic carbocycles. The number of carbonyl (C=O) groups excluding carboxylic acids is 1. The Kier molecular flexibility index (Phi) is 7.61. The van der Waals surface area contributed by atoms with E-state index in [4.69, 9.17) is 21.4 Å². The molecule has 0 saturated heterocycles. The Morgan fingerprint density at radius 3 is 3.02 bits per heavy atom. The number of amides is 1. The number of aliphatic hydroxyl groups excluding tert-OH is 1. The second kappa shape index (κ2) is 11.5. The molecule has 40 heavy (non-hydrogen) atoms. The van der Waals surface area contributed by atoms with Gasteiger partial charge in [-0.3, -0.25) is 9.48 Å². The maximum atomic E-state index is 13.5. The summed E-state index contributed by atoms with van der Waals surface area (Å²) in [5.74, 6) is 0.209. The zero-order chi connectivity index (χ0) is 27.6. The van der Waals surface area contributed by atoms with Gasteiger partial charge >= 0.3 is 0 Å². The minimum absolute atomic E-state index is 0.0913. The normalized spacial score (nSPS) is 16.2. The standard InChI is InChI=1S/C28H26ClFN6O3S/c29-21-11-18(4-7-23(21)39-14-16-2-1-3-17(30)10-16)34-27-25-19-5-6-22-20(26(19)40-28(25)33-15-32-27)12-36(35-22)13-24(38)31-8-9-37/h1-4,10-12,15,23,37H,5-9,13-14H2,(H,31,38)(H,32,33,34). The van der Waals surface area contributed by atoms with Crippen LogP contribution in [-0.2, 0) is 35.5 Å². The minimum Gasteiger partial charge on any atom is -0.395 e. The fourth-order valence-corrected chi connectivity index (χ4v) is 6.43. The van der Waals surface area contributed by atoms with Crippen LogP contribution in [0.4, 0.5) is 10.2 Å². The van der Waals surface area contributed by atoms with Crippen LogP contribution in [0.3, 0.4) is 0 Å². The van der Waals surface area contributed by atoms with Gasteiger partial charge in [0.15, 0.2) is 0 Å². The molecule has 0 bridgehead atoms. The van der Waals surface area contributed by atoms with Crippen molar-refractivity contribution in [2.75, 3.05) is 18.5 Å². The summed E-state index contributed by atoms with van der Waals surface area (Å²) in [6.07, 6.45) is 9.07. The van der Waals surface area contributed by atoms with E-state index in [-0.39, 0.29) is 44.1 Å². The molecule has 2 aliphatic rings. The summed E-state index contributed by atoms with van der Waals surface area (Å²) in [6.45, 7) is 0.471. The molecule has 1 atom stereocenters. The molecule has 0 radical (unpaired) electrons. The molecule has 206 valence electrons. The van der Waals surface area contributed by atoms with E-state index in [1.807, 2.05) is 24.4 Å². The molecular weight excluding hydrogens is 555 g/mol. The quantitative estimate of drug-likeness (QED) is 0.270. The van der Waals surface area contributed by atoms with Crippen molar-refractivity contribution in [2.24, 2.45) is 0 Å². The third-order valence-corrected chi connectivity index (χ3v) is 8.30. The number of aromatic nitrogens is 4. The van der Waals surface area contributed by atoms with Gasteiger partial charge in [-0.15, -0.1) is 11.3 Å². The summed E-state index contributed by atoms with van der Waals surface area (Å²) in [4.78, 5) is 23.1. The van der Waals surface area contributed by atoms with Crippen LogP contribution >= 0.6 is 22.9 Å². The number of carbonyl (C=O) groups is 1. The number of fused-ring (bicyclic) bond motifs is 5. The predicted octanol–water partition coefficient (Wildman–Crippen LogP) is 4.31. The SMILES string of the molecule is O=C(Cn1cc2c(n1)CCc1c-2sc2ncnc(NC3=CCC(OCc4cccc(F)c4)C(Cl)=C3)c12)NCCO. The predicted molar refractivity (Wildman–Crippen MR) is 151 cm³/mol. The summed E-state index contributed by atoms with van der Waals surface area (Å²) in [7, 11) is 0. The Morgan fingerprint density at radius 1 is 1.30 bits per heavy atom. The summed E-state index contributed by atoms with van der Waals surface area (Å²) in [6, 6.07) is 6.33. The average Bonchev–Trinajstić information content (AvgIpc) is 3.53. The van der Waals surface area contributed by atoms with E-state index in [1.54, 1.807) is 28.4 Å². The Hall–Kier alpha value is -3.64. The number of nitrogens with one attached hydrogen (secondary N) is 2. The number of aliphatic hydroxyl groups is 1. The van der Waals surface area contributed by atoms with E-state index >= 15 is 0 Å². The number of hydrogen-bond acceptors (Lipinski definition) is 8. The summed E-state index contributed by atoms with van der Waals surface area (Å²) in [5, 5.41) is 21.2. The van der Waals surface area contributed by atoms with Gasteiger partial charge in [-0.1, -0.05) is 29.8 Å². The average molecular weight is 581 g/mol. The number of hydrogen-bond donors (Lipinski definition) is 3. The number of rotatable bonds is 9. The van der Waals surface area contributed by atoms with Gasteiger partial charge in [0.1, 0.15) is 29.3 Å². The molecular formula is C28H26ClFN6O3S. The number of halogens is 2. The molecule has 9 nitrogen and oxygen atoms in total. The molecule has 3 aromatic heterocycles. The number of thiophene rings is 1. The molecule has 6 rings (SSSR count). The molecule has 1 aromatic carbocycles. The monoisotopic (exact) mass is 580 g/mol. The van der Waals surface area contributed by atoms with Crippen molar-refractivity contribution in [2.45, 2.75) is 38.5 Å². The fourth-order valence-electron chi connectivity index (χ4n) is 4.94. The first-order chi connectivity index (χ1) is 19.5. The summed E-state index contributed by atoms with van der Waals surface area (Å²) in [5.41, 5.74) is 4.67. The first-order valence-corrected chi connectivity index (χ1v) is 14.1. The molecule has 0 aliphatic heterocycles. The van der Waals surface area contributed by atoms with Crippen LogP contribution in [0.5, 0.6) is 0 Å². The highest BCUT2D eigenvalue weighted by Crippen LogP contribution is 2.45. The van der Waals surface area contributed by atoms with Crippen molar-refractivity contribution in [3.05, 3.63) is 82.3 Å². The molecule has 0 spiro atoms. The lowest BCUT2D eigenvalue weighted by Gasteiger charge is -2.21. The maximum absolute atomic E-state index is 13.5. The van der Waals surface area contributed by atoms with Crippen molar-refractivity contribution in [1.82, 2.24) is 25.1 Å². The number of benzene rings is 1. The van der Waals surface area contributed by atoms with Crippen LogP contribution in [-0.4, -0.2) is 50.0 Å². The number of allylic oxidation sites excluding steroid dienone is 1. The van der Waals surface area contributed by atoms with Gasteiger partial charge in [-0.2, -0.15) is 5.10 Å². The van der Waals surface area contributed by atoms with Gasteiger partial charge in [0.25, 0.3) is 0 Å². The van der Waals surface area contributed by atoms with E-state index in [9.17, 15) is 9.18 Å². The van der Waals surface area contributed by atoms with Crippen LogP contribution < -0.4 is 10.6 Å². The Morgan fingerprint density at radius 2 is 2.20 bits per heavy atom. The smallest absolute Gasteiger partial charge is 0.241 e. The van der Waals surface area contributed by atoms with E-state index in [0.717, 1.165) is 56.0 Å². The second-order valence-corrected chi connectivity index (χ2v) is 11.0. The Labute approximate surface area is 238 Å². The highest BCUT2D eigenvalue weighted by molar-refractivity contribution is 7.22. The zero-order valence-electron chi connectivity index (χ0n) is 21.4. The third kappa shape index (κ3) is 5.50. The van der Waals surface area contributed by atoms with Gasteiger partial charge in [0.2, 0.25) is 5.91 Å². The molecule has 4 aromatic rings. The lowest BCUT2D eigenvalue weighted by molar-refractivity contribution is -0.122. The highest BCUT2D eigenvalue weighted by Gasteiger charge is 2.27. The summed E-state index contributed by atoms with van der Waals surface area (Å²) < 4.78 is 21.1. The van der Waals surface area contributed by atoms with E-state index in [2.05, 4.69) is 25.7 Å². The summed E-state index contributed by atoms with van der Waals surface area (Å²) >= 11 is 8.16. The molecule has 1 unspecified atom stereocenters. The van der Waals surface area contributed by atoms with E-state index in [0.29, 0.717) is 17.3 Å². The number of aryl methyl sites for hydroxylation is 2. The topological polar surface area (TPSA) is 114 Å². The van der Waals surface area contributed by atoms with E-state index < -0.39 is 0 Å². The molecule has 3 heterocycles. The van der Waals surface area contributed by atoms with Crippen LogP contribution in [0.2, 0.25) is 0 Å².